The van der Waals surface area contributed by atoms with Gasteiger partial charge in [-0.1, -0.05) is 29.8 Å². The zero-order chi connectivity index (χ0) is 17.5. The number of aliphatic carboxylic acids is 1. The molecule has 0 saturated carbocycles. The van der Waals surface area contributed by atoms with Crippen molar-refractivity contribution in [2.24, 2.45) is 0 Å². The van der Waals surface area contributed by atoms with Gasteiger partial charge in [-0.15, -0.1) is 0 Å². The maximum atomic E-state index is 11.0. The number of hydrogen-bond acceptors (Lipinski definition) is 4. The minimum Gasteiger partial charge on any atom is -0.497 e. The highest BCUT2D eigenvalue weighted by atomic mass is 16.5. The van der Waals surface area contributed by atoms with Gasteiger partial charge in [0, 0.05) is 11.6 Å². The van der Waals surface area contributed by atoms with Crippen molar-refractivity contribution in [3.8, 4) is 17.6 Å². The van der Waals surface area contributed by atoms with Gasteiger partial charge in [0.15, 0.2) is 0 Å². The molecule has 5 nitrogen and oxygen atoms in total. The Bertz CT molecular complexity index is 818. The van der Waals surface area contributed by atoms with Crippen molar-refractivity contribution in [3.63, 3.8) is 0 Å². The molecule has 0 radical (unpaired) electrons. The predicted octanol–water partition coefficient (Wildman–Crippen LogP) is 3.57. The first kappa shape index (κ1) is 17.1. The minimum absolute atomic E-state index is 0.324. The van der Waals surface area contributed by atoms with E-state index in [0.29, 0.717) is 23.7 Å². The van der Waals surface area contributed by atoms with E-state index in [0.717, 1.165) is 11.1 Å². The van der Waals surface area contributed by atoms with Crippen molar-refractivity contribution in [2.75, 3.05) is 7.11 Å². The Morgan fingerprint density at radius 2 is 2.08 bits per heavy atom. The van der Waals surface area contributed by atoms with Crippen molar-refractivity contribution in [1.29, 1.82) is 5.26 Å². The van der Waals surface area contributed by atoms with E-state index in [1.54, 1.807) is 24.3 Å². The Morgan fingerprint density at radius 1 is 1.29 bits per heavy atom. The molecule has 0 saturated heterocycles. The highest BCUT2D eigenvalue weighted by molar-refractivity contribution is 5.96. The fourth-order valence-corrected chi connectivity index (χ4v) is 2.15. The average Bonchev–Trinajstić information content (AvgIpc) is 2.58. The Morgan fingerprint density at radius 3 is 2.71 bits per heavy atom. The summed E-state index contributed by atoms with van der Waals surface area (Å²) in [5.74, 6) is -0.247. The van der Waals surface area contributed by atoms with E-state index >= 15 is 0 Å². The minimum atomic E-state index is -1.28. The van der Waals surface area contributed by atoms with Crippen LogP contribution >= 0.6 is 0 Å². The summed E-state index contributed by atoms with van der Waals surface area (Å²) in [6.45, 7) is 2.32. The Kier molecular flexibility index (Phi) is 5.58. The monoisotopic (exact) mass is 323 g/mol. The number of methoxy groups -OCH3 is 1. The number of nitriles is 1. The number of carboxylic acid groups (broad SMARTS) is 1. The van der Waals surface area contributed by atoms with Crippen molar-refractivity contribution in [3.05, 3.63) is 64.7 Å². The van der Waals surface area contributed by atoms with Crippen molar-refractivity contribution >= 4 is 12.0 Å². The molecule has 2 aromatic rings. The summed E-state index contributed by atoms with van der Waals surface area (Å²) >= 11 is 0. The van der Waals surface area contributed by atoms with Gasteiger partial charge >= 0.3 is 5.97 Å². The zero-order valence-corrected chi connectivity index (χ0v) is 13.4. The summed E-state index contributed by atoms with van der Waals surface area (Å²) in [6, 6.07) is 14.6. The Balaban J connectivity index is 2.32. The van der Waals surface area contributed by atoms with Gasteiger partial charge in [0.25, 0.3) is 0 Å². The lowest BCUT2D eigenvalue weighted by atomic mass is 10.1. The summed E-state index contributed by atoms with van der Waals surface area (Å²) in [7, 11) is 1.53. The molecule has 0 amide bonds. The van der Waals surface area contributed by atoms with Crippen LogP contribution in [0.4, 0.5) is 0 Å². The SMILES string of the molecule is COc1ccc(C=C(C#N)C(=O)O)c(OCc2cccc(C)c2)c1. The normalized spacial score (nSPS) is 10.8. The fourth-order valence-electron chi connectivity index (χ4n) is 2.15. The van der Waals surface area contributed by atoms with Crippen molar-refractivity contribution in [2.45, 2.75) is 13.5 Å². The molecular weight excluding hydrogens is 306 g/mol. The Hall–Kier alpha value is -3.26. The third-order valence-corrected chi connectivity index (χ3v) is 3.35. The third kappa shape index (κ3) is 4.37. The van der Waals surface area contributed by atoms with Gasteiger partial charge in [-0.2, -0.15) is 5.26 Å². The summed E-state index contributed by atoms with van der Waals surface area (Å²) in [5.41, 5.74) is 2.26. The van der Waals surface area contributed by atoms with Gasteiger partial charge in [-0.05, 0) is 30.7 Å². The zero-order valence-electron chi connectivity index (χ0n) is 13.4. The van der Waals surface area contributed by atoms with Crippen LogP contribution in [-0.2, 0) is 11.4 Å². The molecule has 2 rings (SSSR count). The molecule has 0 aliphatic carbocycles. The predicted molar refractivity (Wildman–Crippen MR) is 89.7 cm³/mol. The maximum Gasteiger partial charge on any atom is 0.346 e. The molecule has 1 N–H and O–H groups in total. The molecule has 2 aromatic carbocycles. The van der Waals surface area contributed by atoms with E-state index in [1.165, 1.54) is 13.2 Å². The first-order chi connectivity index (χ1) is 11.5. The number of hydrogen-bond donors (Lipinski definition) is 1. The molecular formula is C19H17NO4. The van der Waals surface area contributed by atoms with Crippen LogP contribution < -0.4 is 9.47 Å². The van der Waals surface area contributed by atoms with E-state index in [1.807, 2.05) is 31.2 Å². The van der Waals surface area contributed by atoms with E-state index in [-0.39, 0.29) is 5.57 Å². The van der Waals surface area contributed by atoms with E-state index in [9.17, 15) is 4.79 Å². The molecule has 0 aromatic heterocycles. The summed E-state index contributed by atoms with van der Waals surface area (Å²) in [6.07, 6.45) is 1.29. The lowest BCUT2D eigenvalue weighted by Crippen LogP contribution is -2.00. The number of carbonyl (C=O) groups is 1. The maximum absolute atomic E-state index is 11.0. The lowest BCUT2D eigenvalue weighted by molar-refractivity contribution is -0.132. The highest BCUT2D eigenvalue weighted by Gasteiger charge is 2.10. The first-order valence-corrected chi connectivity index (χ1v) is 7.25. The topological polar surface area (TPSA) is 79.5 Å². The number of ether oxygens (including phenoxy) is 2. The molecule has 0 bridgehead atoms. The number of nitrogens with zero attached hydrogens (tertiary/aromatic N) is 1. The van der Waals surface area contributed by atoms with Crippen molar-refractivity contribution in [1.82, 2.24) is 0 Å². The second-order valence-corrected chi connectivity index (χ2v) is 5.16. The molecule has 5 heteroatoms. The first-order valence-electron chi connectivity index (χ1n) is 7.25. The molecule has 0 heterocycles. The van der Waals surface area contributed by atoms with Gasteiger partial charge < -0.3 is 14.6 Å². The van der Waals surface area contributed by atoms with Crippen LogP contribution in [0.3, 0.4) is 0 Å². The Labute approximate surface area is 140 Å². The van der Waals surface area contributed by atoms with Gasteiger partial charge in [0.2, 0.25) is 0 Å². The number of aryl methyl sites for hydroxylation is 1. The fraction of sp³-hybridized carbons (Fsp3) is 0.158. The van der Waals surface area contributed by atoms with Crippen LogP contribution in [0.1, 0.15) is 16.7 Å². The van der Waals surface area contributed by atoms with Gasteiger partial charge in [-0.25, -0.2) is 4.79 Å². The summed E-state index contributed by atoms with van der Waals surface area (Å²) < 4.78 is 11.0. The van der Waals surface area contributed by atoms with Crippen molar-refractivity contribution < 1.29 is 19.4 Å². The molecule has 0 spiro atoms. The van der Waals surface area contributed by atoms with Crippen LogP contribution in [0.15, 0.2) is 48.0 Å². The molecule has 0 atom stereocenters. The highest BCUT2D eigenvalue weighted by Crippen LogP contribution is 2.27. The molecule has 122 valence electrons. The smallest absolute Gasteiger partial charge is 0.346 e. The molecule has 0 unspecified atom stereocenters. The largest absolute Gasteiger partial charge is 0.497 e. The van der Waals surface area contributed by atoms with Gasteiger partial charge in [0.05, 0.1) is 7.11 Å². The standard InChI is InChI=1S/C19H17NO4/c1-13-4-3-5-14(8-13)12-24-18-10-17(23-2)7-6-15(18)9-16(11-20)19(21)22/h3-10H,12H2,1-2H3,(H,21,22). The number of benzene rings is 2. The van der Waals surface area contributed by atoms with Gasteiger partial charge in [0.1, 0.15) is 29.7 Å². The van der Waals surface area contributed by atoms with E-state index in [2.05, 4.69) is 0 Å². The average molecular weight is 323 g/mol. The second kappa shape index (κ2) is 7.84. The van der Waals surface area contributed by atoms with Gasteiger partial charge in [-0.3, -0.25) is 0 Å². The number of rotatable bonds is 6. The van der Waals surface area contributed by atoms with Crippen LogP contribution in [0.25, 0.3) is 6.08 Å². The number of carboxylic acids is 1. The quantitative estimate of drug-likeness (QED) is 0.649. The second-order valence-electron chi connectivity index (χ2n) is 5.16. The lowest BCUT2D eigenvalue weighted by Gasteiger charge is -2.12. The molecule has 0 aliphatic heterocycles. The van der Waals surface area contributed by atoms with Crippen LogP contribution in [0, 0.1) is 18.3 Å². The van der Waals surface area contributed by atoms with Crippen LogP contribution in [0.2, 0.25) is 0 Å². The van der Waals surface area contributed by atoms with Crippen LogP contribution in [-0.4, -0.2) is 18.2 Å². The van der Waals surface area contributed by atoms with Crippen LogP contribution in [0.5, 0.6) is 11.5 Å². The molecule has 0 fully saturated rings. The molecule has 0 aliphatic rings. The third-order valence-electron chi connectivity index (χ3n) is 3.35. The molecule has 24 heavy (non-hydrogen) atoms. The van der Waals surface area contributed by atoms with E-state index < -0.39 is 5.97 Å². The summed E-state index contributed by atoms with van der Waals surface area (Å²) in [5, 5.41) is 17.9. The van der Waals surface area contributed by atoms with E-state index in [4.69, 9.17) is 19.8 Å². The summed E-state index contributed by atoms with van der Waals surface area (Å²) in [4.78, 5) is 11.0.